The number of carbonyl (C=O) groups excluding carboxylic acids is 1. The molecule has 2 aliphatic heterocycles. The third-order valence-electron chi connectivity index (χ3n) is 4.56. The lowest BCUT2D eigenvalue weighted by atomic mass is 9.80. The summed E-state index contributed by atoms with van der Waals surface area (Å²) in [5.41, 5.74) is 6.74. The summed E-state index contributed by atoms with van der Waals surface area (Å²) in [5, 5.41) is 3.21. The second kappa shape index (κ2) is 5.83. The van der Waals surface area contributed by atoms with Gasteiger partial charge in [0.05, 0.1) is 12.6 Å². The number of ether oxygens (including phenoxy) is 1. The van der Waals surface area contributed by atoms with E-state index in [9.17, 15) is 4.79 Å². The van der Waals surface area contributed by atoms with Crippen LogP contribution in [0.15, 0.2) is 24.3 Å². The quantitative estimate of drug-likeness (QED) is 0.883. The Labute approximate surface area is 119 Å². The standard InChI is InChI=1S/C16H22N2O2/c17-16(19)14-10-11(5-7-18-14)9-12-6-8-20-15-4-2-1-3-13(12)15/h1-4,11-12,14,18H,5-10H2,(H2,17,19). The number of nitrogens with two attached hydrogens (primary N) is 1. The Kier molecular flexibility index (Phi) is 3.92. The van der Waals surface area contributed by atoms with E-state index >= 15 is 0 Å². The van der Waals surface area contributed by atoms with Crippen LogP contribution in [0.1, 0.15) is 37.2 Å². The van der Waals surface area contributed by atoms with E-state index in [2.05, 4.69) is 23.5 Å². The summed E-state index contributed by atoms with van der Waals surface area (Å²) >= 11 is 0. The van der Waals surface area contributed by atoms with Crippen molar-refractivity contribution in [1.82, 2.24) is 5.32 Å². The summed E-state index contributed by atoms with van der Waals surface area (Å²) in [5.74, 6) is 1.94. The largest absolute Gasteiger partial charge is 0.493 e. The summed E-state index contributed by atoms with van der Waals surface area (Å²) in [6, 6.07) is 8.18. The second-order valence-electron chi connectivity index (χ2n) is 5.91. The molecular weight excluding hydrogens is 252 g/mol. The maximum absolute atomic E-state index is 11.3. The van der Waals surface area contributed by atoms with Gasteiger partial charge in [-0.3, -0.25) is 4.79 Å². The van der Waals surface area contributed by atoms with Crippen molar-refractivity contribution in [2.45, 2.75) is 37.6 Å². The summed E-state index contributed by atoms with van der Waals surface area (Å²) in [4.78, 5) is 11.3. The van der Waals surface area contributed by atoms with Crippen molar-refractivity contribution in [3.63, 3.8) is 0 Å². The minimum Gasteiger partial charge on any atom is -0.493 e. The van der Waals surface area contributed by atoms with Crippen LogP contribution in [0.3, 0.4) is 0 Å². The van der Waals surface area contributed by atoms with E-state index in [-0.39, 0.29) is 11.9 Å². The Morgan fingerprint density at radius 3 is 3.05 bits per heavy atom. The second-order valence-corrected chi connectivity index (χ2v) is 5.91. The Bertz CT molecular complexity index is 489. The van der Waals surface area contributed by atoms with E-state index in [1.165, 1.54) is 5.56 Å². The van der Waals surface area contributed by atoms with Gasteiger partial charge in [-0.2, -0.15) is 0 Å². The van der Waals surface area contributed by atoms with Gasteiger partial charge in [-0.1, -0.05) is 18.2 Å². The lowest BCUT2D eigenvalue weighted by Gasteiger charge is -2.33. The fourth-order valence-electron chi connectivity index (χ4n) is 3.49. The smallest absolute Gasteiger partial charge is 0.234 e. The number of para-hydroxylation sites is 1. The number of primary amides is 1. The van der Waals surface area contributed by atoms with E-state index in [4.69, 9.17) is 10.5 Å². The van der Waals surface area contributed by atoms with Crippen molar-refractivity contribution in [3.05, 3.63) is 29.8 Å². The molecule has 3 atom stereocenters. The Morgan fingerprint density at radius 2 is 2.20 bits per heavy atom. The van der Waals surface area contributed by atoms with Crippen LogP contribution in [-0.4, -0.2) is 25.1 Å². The lowest BCUT2D eigenvalue weighted by Crippen LogP contribution is -2.46. The highest BCUT2D eigenvalue weighted by atomic mass is 16.5. The first-order valence-electron chi connectivity index (χ1n) is 7.48. The molecule has 3 unspecified atom stereocenters. The molecule has 0 spiro atoms. The number of carbonyl (C=O) groups is 1. The maximum Gasteiger partial charge on any atom is 0.234 e. The average Bonchev–Trinajstić information content (AvgIpc) is 2.48. The summed E-state index contributed by atoms with van der Waals surface area (Å²) < 4.78 is 5.72. The normalized spacial score (nSPS) is 29.3. The fourth-order valence-corrected chi connectivity index (χ4v) is 3.49. The molecule has 0 bridgehead atoms. The van der Waals surface area contributed by atoms with Crippen molar-refractivity contribution in [3.8, 4) is 5.75 Å². The number of nitrogens with one attached hydrogen (secondary N) is 1. The number of rotatable bonds is 3. The van der Waals surface area contributed by atoms with Gasteiger partial charge in [0.15, 0.2) is 0 Å². The molecule has 1 aromatic carbocycles. The molecule has 1 fully saturated rings. The van der Waals surface area contributed by atoms with Crippen molar-refractivity contribution in [1.29, 1.82) is 0 Å². The summed E-state index contributed by atoms with van der Waals surface area (Å²) in [7, 11) is 0. The summed E-state index contributed by atoms with van der Waals surface area (Å²) in [6.45, 7) is 1.69. The average molecular weight is 274 g/mol. The zero-order valence-electron chi connectivity index (χ0n) is 11.7. The first-order chi connectivity index (χ1) is 9.74. The number of amides is 1. The van der Waals surface area contributed by atoms with Gasteiger partial charge < -0.3 is 15.8 Å². The molecule has 4 nitrogen and oxygen atoms in total. The van der Waals surface area contributed by atoms with Crippen molar-refractivity contribution < 1.29 is 9.53 Å². The van der Waals surface area contributed by atoms with Crippen LogP contribution in [-0.2, 0) is 4.79 Å². The predicted molar refractivity (Wildman–Crippen MR) is 77.6 cm³/mol. The van der Waals surface area contributed by atoms with Gasteiger partial charge in [-0.05, 0) is 55.7 Å². The molecule has 3 N–H and O–H groups in total. The van der Waals surface area contributed by atoms with Crippen LogP contribution in [0.5, 0.6) is 5.75 Å². The van der Waals surface area contributed by atoms with Crippen LogP contribution in [0.2, 0.25) is 0 Å². The molecule has 1 saturated heterocycles. The lowest BCUT2D eigenvalue weighted by molar-refractivity contribution is -0.120. The first-order valence-corrected chi connectivity index (χ1v) is 7.48. The predicted octanol–water partition coefficient (Wildman–Crippen LogP) is 1.80. The highest BCUT2D eigenvalue weighted by Gasteiger charge is 2.29. The molecule has 0 radical (unpaired) electrons. The first kappa shape index (κ1) is 13.4. The van der Waals surface area contributed by atoms with Crippen LogP contribution in [0.4, 0.5) is 0 Å². The van der Waals surface area contributed by atoms with Crippen LogP contribution < -0.4 is 15.8 Å². The molecule has 4 heteroatoms. The molecule has 0 aliphatic carbocycles. The minimum absolute atomic E-state index is 0.149. The molecule has 2 heterocycles. The SMILES string of the molecule is NC(=O)C1CC(CC2CCOc3ccccc32)CCN1. The van der Waals surface area contributed by atoms with Gasteiger partial charge in [0.25, 0.3) is 0 Å². The number of hydrogen-bond donors (Lipinski definition) is 2. The Morgan fingerprint density at radius 1 is 1.35 bits per heavy atom. The van der Waals surface area contributed by atoms with Gasteiger partial charge in [0.2, 0.25) is 5.91 Å². The van der Waals surface area contributed by atoms with Crippen LogP contribution in [0, 0.1) is 5.92 Å². The van der Waals surface area contributed by atoms with Gasteiger partial charge in [-0.25, -0.2) is 0 Å². The number of piperidine rings is 1. The zero-order valence-corrected chi connectivity index (χ0v) is 11.7. The highest BCUT2D eigenvalue weighted by molar-refractivity contribution is 5.79. The Hall–Kier alpha value is -1.55. The third-order valence-corrected chi connectivity index (χ3v) is 4.56. The monoisotopic (exact) mass is 274 g/mol. The van der Waals surface area contributed by atoms with Crippen molar-refractivity contribution in [2.75, 3.05) is 13.2 Å². The highest BCUT2D eigenvalue weighted by Crippen LogP contribution is 2.39. The zero-order chi connectivity index (χ0) is 13.9. The molecule has 0 saturated carbocycles. The minimum atomic E-state index is -0.220. The number of benzene rings is 1. The molecular formula is C16H22N2O2. The van der Waals surface area contributed by atoms with Crippen LogP contribution >= 0.6 is 0 Å². The third kappa shape index (κ3) is 2.80. The van der Waals surface area contributed by atoms with E-state index < -0.39 is 0 Å². The van der Waals surface area contributed by atoms with E-state index in [1.807, 2.05) is 6.07 Å². The van der Waals surface area contributed by atoms with E-state index in [0.717, 1.165) is 44.6 Å². The molecule has 3 rings (SSSR count). The summed E-state index contributed by atoms with van der Waals surface area (Å²) in [6.07, 6.45) is 4.20. The van der Waals surface area contributed by atoms with E-state index in [1.54, 1.807) is 0 Å². The van der Waals surface area contributed by atoms with Crippen molar-refractivity contribution >= 4 is 5.91 Å². The topological polar surface area (TPSA) is 64.4 Å². The molecule has 0 aromatic heterocycles. The van der Waals surface area contributed by atoms with Crippen molar-refractivity contribution in [2.24, 2.45) is 11.7 Å². The van der Waals surface area contributed by atoms with Gasteiger partial charge >= 0.3 is 0 Å². The maximum atomic E-state index is 11.3. The van der Waals surface area contributed by atoms with Crippen LogP contribution in [0.25, 0.3) is 0 Å². The molecule has 20 heavy (non-hydrogen) atoms. The van der Waals surface area contributed by atoms with E-state index in [0.29, 0.717) is 11.8 Å². The number of fused-ring (bicyclic) bond motifs is 1. The molecule has 108 valence electrons. The Balaban J connectivity index is 1.68. The fraction of sp³-hybridized carbons (Fsp3) is 0.562. The molecule has 2 aliphatic rings. The van der Waals surface area contributed by atoms with Gasteiger partial charge in [0.1, 0.15) is 5.75 Å². The molecule has 1 amide bonds. The van der Waals surface area contributed by atoms with Gasteiger partial charge in [0, 0.05) is 0 Å². The van der Waals surface area contributed by atoms with Gasteiger partial charge in [-0.15, -0.1) is 0 Å². The number of hydrogen-bond acceptors (Lipinski definition) is 3. The molecule has 1 aromatic rings.